The highest BCUT2D eigenvalue weighted by atomic mass is 15.1. The van der Waals surface area contributed by atoms with Gasteiger partial charge in [0.2, 0.25) is 0 Å². The van der Waals surface area contributed by atoms with Gasteiger partial charge in [0.1, 0.15) is 0 Å². The van der Waals surface area contributed by atoms with Crippen LogP contribution in [0.15, 0.2) is 0 Å². The third-order valence-electron chi connectivity index (χ3n) is 5.85. The van der Waals surface area contributed by atoms with Gasteiger partial charge in [-0.15, -0.1) is 0 Å². The van der Waals surface area contributed by atoms with Crippen molar-refractivity contribution in [1.29, 1.82) is 0 Å². The lowest BCUT2D eigenvalue weighted by atomic mass is 9.16. The largest absolute Gasteiger partial charge is 0.324 e. The molecule has 6 aliphatic carbocycles. The summed E-state index contributed by atoms with van der Waals surface area (Å²) in [5.74, 6) is 7.77. The highest BCUT2D eigenvalue weighted by molar-refractivity contribution is 5.47. The van der Waals surface area contributed by atoms with Crippen molar-refractivity contribution in [3.63, 3.8) is 0 Å². The molecule has 1 heteroatoms. The van der Waals surface area contributed by atoms with E-state index in [-0.39, 0.29) is 0 Å². The molecule has 2 bridgehead atoms. The van der Waals surface area contributed by atoms with Gasteiger partial charge in [-0.05, 0) is 47.8 Å². The summed E-state index contributed by atoms with van der Waals surface area (Å²) in [6, 6.07) is 0. The van der Waals surface area contributed by atoms with Crippen molar-refractivity contribution < 1.29 is 0 Å². The smallest absolute Gasteiger partial charge is 0.0257 e. The monoisotopic (exact) mass is 133 g/mol. The van der Waals surface area contributed by atoms with Crippen LogP contribution in [0.1, 0.15) is 6.42 Å². The van der Waals surface area contributed by atoms with E-state index >= 15 is 0 Å². The lowest BCUT2D eigenvalue weighted by Gasteiger charge is -2.90. The minimum absolute atomic E-state index is 0.451. The zero-order valence-corrected chi connectivity index (χ0v) is 5.83. The van der Waals surface area contributed by atoms with Crippen molar-refractivity contribution >= 4 is 0 Å². The van der Waals surface area contributed by atoms with Gasteiger partial charge in [0.05, 0.1) is 0 Å². The predicted molar refractivity (Wildman–Crippen MR) is 36.0 cm³/mol. The first-order valence-electron chi connectivity index (χ1n) is 4.64. The Kier molecular flexibility index (Phi) is 0.298. The van der Waals surface area contributed by atoms with E-state index in [0.717, 1.165) is 35.5 Å². The first-order chi connectivity index (χ1) is 4.85. The van der Waals surface area contributed by atoms with Crippen molar-refractivity contribution in [3.05, 3.63) is 0 Å². The van der Waals surface area contributed by atoms with E-state index in [1.165, 1.54) is 5.92 Å². The van der Waals surface area contributed by atoms with Crippen LogP contribution in [0.2, 0.25) is 0 Å². The fourth-order valence-corrected chi connectivity index (χ4v) is 5.98. The molecule has 1 nitrogen and oxygen atoms in total. The molecule has 4 atom stereocenters. The van der Waals surface area contributed by atoms with E-state index in [9.17, 15) is 0 Å². The summed E-state index contributed by atoms with van der Waals surface area (Å²) in [7, 11) is 0. The number of hydrogen-bond acceptors (Lipinski definition) is 1. The Bertz CT molecular complexity index is 248. The third-order valence-corrected chi connectivity index (χ3v) is 5.85. The van der Waals surface area contributed by atoms with Gasteiger partial charge >= 0.3 is 0 Å². The summed E-state index contributed by atoms with van der Waals surface area (Å²) in [6.07, 6.45) is 1.58. The molecule has 10 heavy (non-hydrogen) atoms. The third kappa shape index (κ3) is 0.132. The van der Waals surface area contributed by atoms with Crippen molar-refractivity contribution in [2.45, 2.75) is 12.0 Å². The standard InChI is InChI=1S/C9H11N/c10-9-6-3-1-2-4(6)8(9)5(2)7(3)9/h2-8H,1,10H2. The normalized spacial score (nSPS) is 97.5. The summed E-state index contributed by atoms with van der Waals surface area (Å²) in [6.45, 7) is 0. The Labute approximate surface area is 60.0 Å². The van der Waals surface area contributed by atoms with E-state index in [1.54, 1.807) is 6.42 Å². The topological polar surface area (TPSA) is 26.0 Å². The van der Waals surface area contributed by atoms with Crippen LogP contribution in [0.25, 0.3) is 0 Å². The second kappa shape index (κ2) is 0.726. The summed E-state index contributed by atoms with van der Waals surface area (Å²) >= 11 is 0. The zero-order valence-electron chi connectivity index (χ0n) is 5.83. The molecular formula is C9H11N. The maximum Gasteiger partial charge on any atom is 0.0257 e. The van der Waals surface area contributed by atoms with Crippen LogP contribution < -0.4 is 5.73 Å². The fraction of sp³-hybridized carbons (Fsp3) is 1.00. The second-order valence-electron chi connectivity index (χ2n) is 5.30. The van der Waals surface area contributed by atoms with Gasteiger partial charge in [0.15, 0.2) is 0 Å². The lowest BCUT2D eigenvalue weighted by Crippen LogP contribution is -2.96. The highest BCUT2D eigenvalue weighted by Gasteiger charge is 2.96. The molecule has 6 rings (SSSR count). The Morgan fingerprint density at radius 2 is 1.70 bits per heavy atom. The van der Waals surface area contributed by atoms with E-state index < -0.39 is 0 Å². The Balaban J connectivity index is 1.91. The molecule has 0 radical (unpaired) electrons. The van der Waals surface area contributed by atoms with Gasteiger partial charge in [0, 0.05) is 5.54 Å². The number of nitrogens with two attached hydrogens (primary N) is 1. The van der Waals surface area contributed by atoms with Gasteiger partial charge in [-0.2, -0.15) is 0 Å². The SMILES string of the molecule is NC12C3C4CC5C3C1C5C42. The van der Waals surface area contributed by atoms with Crippen LogP contribution in [0.4, 0.5) is 0 Å². The molecule has 0 aromatic rings. The Morgan fingerprint density at radius 3 is 2.20 bits per heavy atom. The average molecular weight is 133 g/mol. The minimum atomic E-state index is 0.451. The molecule has 0 spiro atoms. The highest BCUT2D eigenvalue weighted by Crippen LogP contribution is 2.95. The summed E-state index contributed by atoms with van der Waals surface area (Å²) in [5.41, 5.74) is 6.73. The minimum Gasteiger partial charge on any atom is -0.324 e. The molecule has 0 amide bonds. The van der Waals surface area contributed by atoms with Crippen molar-refractivity contribution in [2.24, 2.45) is 47.2 Å². The summed E-state index contributed by atoms with van der Waals surface area (Å²) < 4.78 is 0. The molecule has 0 aromatic heterocycles. The number of hydrogen-bond donors (Lipinski definition) is 1. The molecule has 2 N–H and O–H groups in total. The number of rotatable bonds is 0. The second-order valence-corrected chi connectivity index (χ2v) is 5.30. The van der Waals surface area contributed by atoms with Crippen molar-refractivity contribution in [1.82, 2.24) is 0 Å². The molecule has 6 saturated carbocycles. The van der Waals surface area contributed by atoms with E-state index in [0.29, 0.717) is 5.54 Å². The maximum absolute atomic E-state index is 6.28. The first kappa shape index (κ1) is 4.10. The van der Waals surface area contributed by atoms with Crippen LogP contribution in [0.5, 0.6) is 0 Å². The quantitative estimate of drug-likeness (QED) is 0.510. The van der Waals surface area contributed by atoms with Crippen molar-refractivity contribution in [2.75, 3.05) is 0 Å². The van der Waals surface area contributed by atoms with Crippen LogP contribution in [-0.2, 0) is 0 Å². The Hall–Kier alpha value is -0.0400. The fourth-order valence-electron chi connectivity index (χ4n) is 5.98. The van der Waals surface area contributed by atoms with Gasteiger partial charge < -0.3 is 5.73 Å². The van der Waals surface area contributed by atoms with Gasteiger partial charge in [0.25, 0.3) is 0 Å². The van der Waals surface area contributed by atoms with Gasteiger partial charge in [-0.3, -0.25) is 0 Å². The van der Waals surface area contributed by atoms with E-state index in [2.05, 4.69) is 0 Å². The van der Waals surface area contributed by atoms with E-state index in [1.807, 2.05) is 0 Å². The van der Waals surface area contributed by atoms with Gasteiger partial charge in [-0.1, -0.05) is 0 Å². The molecular weight excluding hydrogens is 122 g/mol. The first-order valence-corrected chi connectivity index (χ1v) is 4.64. The molecule has 6 aliphatic rings. The van der Waals surface area contributed by atoms with Gasteiger partial charge in [-0.25, -0.2) is 0 Å². The molecule has 0 saturated heterocycles. The molecule has 0 aliphatic heterocycles. The maximum atomic E-state index is 6.28. The average Bonchev–Trinajstić information content (AvgIpc) is 2.15. The summed E-state index contributed by atoms with van der Waals surface area (Å²) in [4.78, 5) is 0. The van der Waals surface area contributed by atoms with Crippen molar-refractivity contribution in [3.8, 4) is 0 Å². The molecule has 0 aromatic carbocycles. The molecule has 0 heterocycles. The van der Waals surface area contributed by atoms with Crippen LogP contribution >= 0.6 is 0 Å². The van der Waals surface area contributed by atoms with Crippen LogP contribution in [-0.4, -0.2) is 5.54 Å². The zero-order chi connectivity index (χ0) is 6.25. The van der Waals surface area contributed by atoms with E-state index in [4.69, 9.17) is 5.73 Å². The Morgan fingerprint density at radius 1 is 1.00 bits per heavy atom. The van der Waals surface area contributed by atoms with Crippen LogP contribution in [0, 0.1) is 41.4 Å². The lowest BCUT2D eigenvalue weighted by molar-refractivity contribution is -0.392. The summed E-state index contributed by atoms with van der Waals surface area (Å²) in [5, 5.41) is 0. The van der Waals surface area contributed by atoms with Crippen LogP contribution in [0.3, 0.4) is 0 Å². The predicted octanol–water partition coefficient (Wildman–Crippen LogP) is 0.455. The molecule has 52 valence electrons. The molecule has 6 fully saturated rings. The molecule has 4 unspecified atom stereocenters.